The van der Waals surface area contributed by atoms with Gasteiger partial charge in [-0.1, -0.05) is 40.5 Å². The Morgan fingerprint density at radius 2 is 1.32 bits per heavy atom. The predicted molar refractivity (Wildman–Crippen MR) is 90.6 cm³/mol. The highest BCUT2D eigenvalue weighted by molar-refractivity contribution is 5.93. The summed E-state index contributed by atoms with van der Waals surface area (Å²) in [7, 11) is 0. The Kier molecular flexibility index (Phi) is 9.73. The maximum Gasteiger partial charge on any atom is 0.326 e. The fraction of sp³-hybridized carbons (Fsp3) is 0.750. The van der Waals surface area contributed by atoms with E-state index in [2.05, 4.69) is 10.6 Å². The highest BCUT2D eigenvalue weighted by Crippen LogP contribution is 2.12. The summed E-state index contributed by atoms with van der Waals surface area (Å²) in [4.78, 5) is 46.5. The summed E-state index contributed by atoms with van der Waals surface area (Å²) in [5, 5.41) is 22.9. The largest absolute Gasteiger partial charge is 0.481 e. The van der Waals surface area contributed by atoms with Crippen LogP contribution in [0.2, 0.25) is 0 Å². The van der Waals surface area contributed by atoms with Crippen LogP contribution in [0.3, 0.4) is 0 Å². The molecule has 0 rings (SSSR count). The van der Waals surface area contributed by atoms with Gasteiger partial charge in [0.05, 0.1) is 12.5 Å². The molecule has 9 heteroatoms. The average Bonchev–Trinajstić information content (AvgIpc) is 2.54. The molecule has 0 bridgehead atoms. The van der Waals surface area contributed by atoms with Gasteiger partial charge in [-0.05, 0) is 11.8 Å². The number of hydrogen-bond acceptors (Lipinski definition) is 5. The number of amides is 2. The number of rotatable bonds is 11. The molecule has 0 aliphatic rings. The Morgan fingerprint density at radius 1 is 0.880 bits per heavy atom. The van der Waals surface area contributed by atoms with E-state index in [1.807, 2.05) is 13.8 Å². The normalized spacial score (nSPS) is 16.8. The molecular formula is C16H29N3O6. The van der Waals surface area contributed by atoms with Crippen LogP contribution < -0.4 is 16.4 Å². The van der Waals surface area contributed by atoms with E-state index in [0.717, 1.165) is 0 Å². The summed E-state index contributed by atoms with van der Waals surface area (Å²) in [5.74, 6) is -4.35. The molecule has 0 aromatic carbocycles. The number of hydrogen-bond donors (Lipinski definition) is 5. The molecule has 0 aromatic heterocycles. The first-order chi connectivity index (χ1) is 11.5. The molecule has 0 aliphatic carbocycles. The summed E-state index contributed by atoms with van der Waals surface area (Å²) in [6.07, 6.45) is 0.542. The average molecular weight is 359 g/mol. The van der Waals surface area contributed by atoms with Crippen molar-refractivity contribution < 1.29 is 29.4 Å². The lowest BCUT2D eigenvalue weighted by Crippen LogP contribution is -2.57. The van der Waals surface area contributed by atoms with Gasteiger partial charge in [-0.15, -0.1) is 0 Å². The maximum atomic E-state index is 12.5. The predicted octanol–water partition coefficient (Wildman–Crippen LogP) is -0.0652. The molecule has 0 saturated heterocycles. The number of carbonyl (C=O) groups excluding carboxylic acids is 2. The zero-order valence-corrected chi connectivity index (χ0v) is 15.1. The Hall–Kier alpha value is -2.16. The van der Waals surface area contributed by atoms with Crippen molar-refractivity contribution in [1.82, 2.24) is 10.6 Å². The van der Waals surface area contributed by atoms with Crippen LogP contribution in [0.15, 0.2) is 0 Å². The van der Waals surface area contributed by atoms with Crippen molar-refractivity contribution in [3.8, 4) is 0 Å². The molecule has 5 atom stereocenters. The number of nitrogens with two attached hydrogens (primary N) is 1. The molecule has 0 aromatic rings. The second-order valence-electron chi connectivity index (χ2n) is 6.29. The van der Waals surface area contributed by atoms with E-state index in [1.165, 1.54) is 0 Å². The van der Waals surface area contributed by atoms with Gasteiger partial charge >= 0.3 is 11.9 Å². The number of aliphatic carboxylic acids is 2. The van der Waals surface area contributed by atoms with E-state index in [-0.39, 0.29) is 11.8 Å². The minimum absolute atomic E-state index is 0.285. The van der Waals surface area contributed by atoms with Gasteiger partial charge in [-0.3, -0.25) is 14.4 Å². The molecule has 144 valence electrons. The van der Waals surface area contributed by atoms with E-state index in [4.69, 9.17) is 10.8 Å². The van der Waals surface area contributed by atoms with Gasteiger partial charge in [-0.2, -0.15) is 0 Å². The lowest BCUT2D eigenvalue weighted by molar-refractivity contribution is -0.144. The van der Waals surface area contributed by atoms with Gasteiger partial charge in [-0.25, -0.2) is 4.79 Å². The van der Waals surface area contributed by atoms with Crippen molar-refractivity contribution in [1.29, 1.82) is 0 Å². The second-order valence-corrected chi connectivity index (χ2v) is 6.29. The fourth-order valence-corrected chi connectivity index (χ4v) is 2.17. The van der Waals surface area contributed by atoms with Crippen LogP contribution in [0.4, 0.5) is 0 Å². The molecule has 2 amide bonds. The van der Waals surface area contributed by atoms with Crippen LogP contribution in [0, 0.1) is 11.8 Å². The van der Waals surface area contributed by atoms with Crippen LogP contribution in [0.25, 0.3) is 0 Å². The molecule has 0 fully saturated rings. The van der Waals surface area contributed by atoms with Gasteiger partial charge in [0.2, 0.25) is 11.8 Å². The molecule has 0 spiro atoms. The molecule has 9 nitrogen and oxygen atoms in total. The summed E-state index contributed by atoms with van der Waals surface area (Å²) >= 11 is 0. The van der Waals surface area contributed by atoms with Crippen LogP contribution >= 0.6 is 0 Å². The van der Waals surface area contributed by atoms with Crippen LogP contribution in [-0.2, 0) is 19.2 Å². The van der Waals surface area contributed by atoms with E-state index in [0.29, 0.717) is 12.8 Å². The van der Waals surface area contributed by atoms with Crippen LogP contribution in [0.1, 0.15) is 47.0 Å². The maximum absolute atomic E-state index is 12.5. The van der Waals surface area contributed by atoms with Crippen molar-refractivity contribution in [3.63, 3.8) is 0 Å². The number of carboxylic acid groups (broad SMARTS) is 2. The van der Waals surface area contributed by atoms with Gasteiger partial charge in [0.15, 0.2) is 0 Å². The molecule has 6 N–H and O–H groups in total. The Bertz CT molecular complexity index is 496. The Labute approximate surface area is 147 Å². The highest BCUT2D eigenvalue weighted by atomic mass is 16.4. The van der Waals surface area contributed by atoms with Gasteiger partial charge in [0.1, 0.15) is 12.1 Å². The monoisotopic (exact) mass is 359 g/mol. The third-order valence-corrected chi connectivity index (χ3v) is 4.30. The second kappa shape index (κ2) is 10.7. The van der Waals surface area contributed by atoms with Crippen molar-refractivity contribution in [2.75, 3.05) is 0 Å². The first kappa shape index (κ1) is 22.8. The summed E-state index contributed by atoms with van der Waals surface area (Å²) in [6, 6.07) is -3.36. The summed E-state index contributed by atoms with van der Waals surface area (Å²) < 4.78 is 0. The number of carbonyl (C=O) groups is 4. The molecule has 0 saturated carbocycles. The molecule has 5 unspecified atom stereocenters. The molecular weight excluding hydrogens is 330 g/mol. The smallest absolute Gasteiger partial charge is 0.326 e. The Balaban J connectivity index is 5.19. The molecule has 0 aliphatic heterocycles. The highest BCUT2D eigenvalue weighted by Gasteiger charge is 2.32. The zero-order valence-electron chi connectivity index (χ0n) is 15.1. The van der Waals surface area contributed by atoms with Crippen molar-refractivity contribution >= 4 is 23.8 Å². The van der Waals surface area contributed by atoms with E-state index < -0.39 is 48.3 Å². The first-order valence-electron chi connectivity index (χ1n) is 8.35. The lowest BCUT2D eigenvalue weighted by atomic mass is 9.95. The fourth-order valence-electron chi connectivity index (χ4n) is 2.17. The van der Waals surface area contributed by atoms with Crippen LogP contribution in [0.5, 0.6) is 0 Å². The quantitative estimate of drug-likeness (QED) is 0.345. The molecule has 0 radical (unpaired) electrons. The SMILES string of the molecule is CCC(C)C(NC(=O)C(NC(=O)C(N)CC(=O)O)C(C)CC)C(=O)O. The topological polar surface area (TPSA) is 159 Å². The molecule has 25 heavy (non-hydrogen) atoms. The Morgan fingerprint density at radius 3 is 1.72 bits per heavy atom. The van der Waals surface area contributed by atoms with E-state index in [9.17, 15) is 24.3 Å². The number of carboxylic acids is 2. The van der Waals surface area contributed by atoms with Gasteiger partial charge < -0.3 is 26.6 Å². The minimum atomic E-state index is -1.29. The molecule has 0 heterocycles. The van der Waals surface area contributed by atoms with Crippen molar-refractivity contribution in [2.24, 2.45) is 17.6 Å². The zero-order chi connectivity index (χ0) is 19.7. The van der Waals surface area contributed by atoms with Crippen molar-refractivity contribution in [3.05, 3.63) is 0 Å². The lowest BCUT2D eigenvalue weighted by Gasteiger charge is -2.28. The number of nitrogens with one attached hydrogen (secondary N) is 2. The van der Waals surface area contributed by atoms with Crippen LogP contribution in [-0.4, -0.2) is 52.1 Å². The summed E-state index contributed by atoms with van der Waals surface area (Å²) in [5.41, 5.74) is 5.51. The first-order valence-corrected chi connectivity index (χ1v) is 8.35. The summed E-state index contributed by atoms with van der Waals surface area (Å²) in [6.45, 7) is 7.06. The standard InChI is InChI=1S/C16H29N3O6/c1-5-8(3)12(18-14(22)10(17)7-11(20)21)15(23)19-13(16(24)25)9(4)6-2/h8-10,12-13H,5-7,17H2,1-4H3,(H,18,22)(H,19,23)(H,20,21)(H,24,25). The minimum Gasteiger partial charge on any atom is -0.481 e. The third-order valence-electron chi connectivity index (χ3n) is 4.30. The van der Waals surface area contributed by atoms with E-state index in [1.54, 1.807) is 13.8 Å². The van der Waals surface area contributed by atoms with Crippen molar-refractivity contribution in [2.45, 2.75) is 65.1 Å². The van der Waals surface area contributed by atoms with Gasteiger partial charge in [0.25, 0.3) is 0 Å². The third kappa shape index (κ3) is 7.51. The van der Waals surface area contributed by atoms with E-state index >= 15 is 0 Å². The van der Waals surface area contributed by atoms with Gasteiger partial charge in [0, 0.05) is 0 Å².